The zero-order chi connectivity index (χ0) is 21.8. The fraction of sp³-hybridized carbons (Fsp3) is 0.421. The molecule has 10 nitrogen and oxygen atoms in total. The minimum Gasteiger partial charge on any atom is -0.497 e. The van der Waals surface area contributed by atoms with Gasteiger partial charge in [0.1, 0.15) is 11.3 Å². The van der Waals surface area contributed by atoms with Crippen LogP contribution in [0.25, 0.3) is 0 Å². The number of nitrogens with zero attached hydrogens (tertiary/aromatic N) is 2. The molecule has 2 N–H and O–H groups in total. The average molecular weight is 437 g/mol. The number of methoxy groups -OCH3 is 1. The molecule has 30 heavy (non-hydrogen) atoms. The SMILES string of the molecule is COc1ccc(S(=O)(=O)C(C(=O)NO)C2(CC(=O)N3CCOCC3)C=CC=N2)cc1. The van der Waals surface area contributed by atoms with E-state index in [9.17, 15) is 23.2 Å². The molecule has 1 fully saturated rings. The first-order valence-electron chi connectivity index (χ1n) is 9.24. The number of aliphatic imine (C=N–C) groups is 1. The van der Waals surface area contributed by atoms with Crippen LogP contribution in [0.5, 0.6) is 5.75 Å². The normalized spacial score (nSPS) is 22.0. The molecule has 162 valence electrons. The molecule has 1 saturated heterocycles. The van der Waals surface area contributed by atoms with Gasteiger partial charge in [0, 0.05) is 19.3 Å². The number of hydroxylamine groups is 1. The maximum Gasteiger partial charge on any atom is 0.264 e. The van der Waals surface area contributed by atoms with Gasteiger partial charge in [-0.25, -0.2) is 13.9 Å². The van der Waals surface area contributed by atoms with E-state index in [4.69, 9.17) is 9.47 Å². The lowest BCUT2D eigenvalue weighted by Gasteiger charge is -2.34. The van der Waals surface area contributed by atoms with E-state index in [0.717, 1.165) is 0 Å². The summed E-state index contributed by atoms with van der Waals surface area (Å²) in [5.41, 5.74) is -0.271. The van der Waals surface area contributed by atoms with E-state index in [0.29, 0.717) is 32.1 Å². The summed E-state index contributed by atoms with van der Waals surface area (Å²) in [5, 5.41) is 7.43. The zero-order valence-electron chi connectivity index (χ0n) is 16.4. The van der Waals surface area contributed by atoms with Crippen LogP contribution < -0.4 is 10.2 Å². The highest BCUT2D eigenvalue weighted by molar-refractivity contribution is 7.93. The molecule has 0 aromatic heterocycles. The third-order valence-corrected chi connectivity index (χ3v) is 7.26. The number of hydrogen-bond acceptors (Lipinski definition) is 8. The van der Waals surface area contributed by atoms with E-state index in [1.807, 2.05) is 0 Å². The van der Waals surface area contributed by atoms with Crippen molar-refractivity contribution < 1.29 is 32.7 Å². The van der Waals surface area contributed by atoms with Crippen LogP contribution in [0.4, 0.5) is 0 Å². The van der Waals surface area contributed by atoms with Crippen molar-refractivity contribution in [2.24, 2.45) is 4.99 Å². The maximum absolute atomic E-state index is 13.4. The van der Waals surface area contributed by atoms with Crippen LogP contribution in [0.1, 0.15) is 6.42 Å². The lowest BCUT2D eigenvalue weighted by Crippen LogP contribution is -2.55. The lowest BCUT2D eigenvalue weighted by atomic mass is 9.90. The Kier molecular flexibility index (Phi) is 6.54. The van der Waals surface area contributed by atoms with Crippen LogP contribution in [-0.4, -0.2) is 80.8 Å². The molecule has 3 rings (SSSR count). The largest absolute Gasteiger partial charge is 0.497 e. The molecule has 2 aliphatic rings. The number of allylic oxidation sites excluding steroid dienone is 1. The van der Waals surface area contributed by atoms with Crippen LogP contribution in [0.3, 0.4) is 0 Å². The first-order chi connectivity index (χ1) is 14.3. The van der Waals surface area contributed by atoms with E-state index >= 15 is 0 Å². The summed E-state index contributed by atoms with van der Waals surface area (Å²) in [6, 6.07) is 5.48. The minimum atomic E-state index is -4.34. The average Bonchev–Trinajstić information content (AvgIpc) is 3.22. The molecule has 2 unspecified atom stereocenters. The topological polar surface area (TPSA) is 135 Å². The minimum absolute atomic E-state index is 0.161. The Morgan fingerprint density at radius 3 is 2.50 bits per heavy atom. The van der Waals surface area contributed by atoms with E-state index in [1.54, 1.807) is 4.90 Å². The molecule has 2 amide bonds. The van der Waals surface area contributed by atoms with Gasteiger partial charge in [-0.1, -0.05) is 6.08 Å². The van der Waals surface area contributed by atoms with Crippen molar-refractivity contribution in [3.05, 3.63) is 36.4 Å². The van der Waals surface area contributed by atoms with Gasteiger partial charge >= 0.3 is 0 Å². The number of benzene rings is 1. The summed E-state index contributed by atoms with van der Waals surface area (Å²) in [5.74, 6) is -1.10. The number of hydrogen-bond donors (Lipinski definition) is 2. The van der Waals surface area contributed by atoms with Crippen molar-refractivity contribution in [1.29, 1.82) is 0 Å². The maximum atomic E-state index is 13.4. The second-order valence-corrected chi connectivity index (χ2v) is 8.91. The first-order valence-corrected chi connectivity index (χ1v) is 10.8. The quantitative estimate of drug-likeness (QED) is 0.452. The van der Waals surface area contributed by atoms with Crippen molar-refractivity contribution in [2.45, 2.75) is 22.1 Å². The Bertz CT molecular complexity index is 939. The number of morpholine rings is 1. The molecule has 0 saturated carbocycles. The standard InChI is InChI=1S/C19H23N3O7S/c1-28-14-3-5-15(6-4-14)30(26,27)17(18(24)21-25)19(7-2-8-20-19)13-16(23)22-9-11-29-12-10-22/h2-8,17,25H,9-13H2,1H3,(H,21,24). The number of carbonyl (C=O) groups is 2. The monoisotopic (exact) mass is 437 g/mol. The van der Waals surface area contributed by atoms with Crippen LogP contribution in [0.2, 0.25) is 0 Å². The Morgan fingerprint density at radius 2 is 1.97 bits per heavy atom. The molecule has 0 radical (unpaired) electrons. The highest BCUT2D eigenvalue weighted by atomic mass is 32.2. The van der Waals surface area contributed by atoms with Crippen molar-refractivity contribution in [2.75, 3.05) is 33.4 Å². The summed E-state index contributed by atoms with van der Waals surface area (Å²) in [6.45, 7) is 1.49. The van der Waals surface area contributed by atoms with Gasteiger partial charge in [0.15, 0.2) is 15.1 Å². The van der Waals surface area contributed by atoms with Gasteiger partial charge in [-0.15, -0.1) is 0 Å². The zero-order valence-corrected chi connectivity index (χ0v) is 17.2. The Labute approximate surface area is 174 Å². The number of ether oxygens (including phenoxy) is 2. The molecule has 0 spiro atoms. The van der Waals surface area contributed by atoms with E-state index in [2.05, 4.69) is 4.99 Å². The predicted octanol–water partition coefficient (Wildman–Crippen LogP) is -0.0288. The summed E-state index contributed by atoms with van der Waals surface area (Å²) in [6.07, 6.45) is 3.88. The predicted molar refractivity (Wildman–Crippen MR) is 106 cm³/mol. The fourth-order valence-corrected chi connectivity index (χ4v) is 5.43. The van der Waals surface area contributed by atoms with Crippen LogP contribution in [-0.2, 0) is 24.2 Å². The molecule has 2 heterocycles. The van der Waals surface area contributed by atoms with Crippen LogP contribution in [0.15, 0.2) is 46.3 Å². The molecular formula is C19H23N3O7S. The Morgan fingerprint density at radius 1 is 1.30 bits per heavy atom. The third-order valence-electron chi connectivity index (χ3n) is 5.08. The van der Waals surface area contributed by atoms with Crippen molar-refractivity contribution >= 4 is 27.9 Å². The Balaban J connectivity index is 2.00. The molecule has 2 aliphatic heterocycles. The van der Waals surface area contributed by atoms with Gasteiger partial charge in [0.05, 0.1) is 31.6 Å². The number of amides is 2. The number of carbonyl (C=O) groups excluding carboxylic acids is 2. The molecule has 11 heteroatoms. The second kappa shape index (κ2) is 8.94. The molecule has 0 aliphatic carbocycles. The van der Waals surface area contributed by atoms with Crippen LogP contribution >= 0.6 is 0 Å². The third kappa shape index (κ3) is 4.23. The number of nitrogens with one attached hydrogen (secondary N) is 1. The molecule has 0 bridgehead atoms. The highest BCUT2D eigenvalue weighted by Crippen LogP contribution is 2.35. The fourth-order valence-electron chi connectivity index (χ4n) is 3.55. The molecule has 2 atom stereocenters. The molecular weight excluding hydrogens is 414 g/mol. The summed E-state index contributed by atoms with van der Waals surface area (Å²) >= 11 is 0. The first kappa shape index (κ1) is 21.9. The van der Waals surface area contributed by atoms with Gasteiger partial charge in [-0.2, -0.15) is 0 Å². The summed E-state index contributed by atoms with van der Waals surface area (Å²) in [4.78, 5) is 31.1. The summed E-state index contributed by atoms with van der Waals surface area (Å²) < 4.78 is 37.1. The lowest BCUT2D eigenvalue weighted by molar-refractivity contribution is -0.136. The molecule has 1 aromatic carbocycles. The van der Waals surface area contributed by atoms with Crippen molar-refractivity contribution in [3.63, 3.8) is 0 Å². The van der Waals surface area contributed by atoms with Gasteiger partial charge in [-0.05, 0) is 30.3 Å². The number of sulfone groups is 1. The van der Waals surface area contributed by atoms with E-state index < -0.39 is 26.5 Å². The van der Waals surface area contributed by atoms with E-state index in [1.165, 1.54) is 55.2 Å². The smallest absolute Gasteiger partial charge is 0.264 e. The highest BCUT2D eigenvalue weighted by Gasteiger charge is 2.52. The molecule has 1 aromatic rings. The Hall–Kier alpha value is -2.76. The summed E-state index contributed by atoms with van der Waals surface area (Å²) in [7, 11) is -2.90. The van der Waals surface area contributed by atoms with Crippen LogP contribution in [0, 0.1) is 0 Å². The van der Waals surface area contributed by atoms with Gasteiger partial charge < -0.3 is 14.4 Å². The second-order valence-electron chi connectivity index (χ2n) is 6.88. The van der Waals surface area contributed by atoms with Gasteiger partial charge in [-0.3, -0.25) is 19.8 Å². The van der Waals surface area contributed by atoms with Crippen molar-refractivity contribution in [3.8, 4) is 5.75 Å². The number of rotatable bonds is 7. The van der Waals surface area contributed by atoms with E-state index in [-0.39, 0.29) is 17.2 Å². The van der Waals surface area contributed by atoms with Gasteiger partial charge in [0.2, 0.25) is 5.91 Å². The van der Waals surface area contributed by atoms with Gasteiger partial charge in [0.25, 0.3) is 5.91 Å². The van der Waals surface area contributed by atoms with Crippen molar-refractivity contribution in [1.82, 2.24) is 10.4 Å².